The summed E-state index contributed by atoms with van der Waals surface area (Å²) in [5.74, 6) is -0.902. The Morgan fingerprint density at radius 3 is 1.00 bits per heavy atom. The number of allylic oxidation sites excluding steroid dienone is 8. The molecular weight excluding hydrogens is 757 g/mol. The molecule has 6 heteroatoms. The van der Waals surface area contributed by atoms with Crippen LogP contribution in [0.15, 0.2) is 48.6 Å². The predicted molar refractivity (Wildman–Crippen MR) is 261 cm³/mol. The molecule has 61 heavy (non-hydrogen) atoms. The van der Waals surface area contributed by atoms with E-state index in [1.165, 1.54) is 135 Å². The molecule has 354 valence electrons. The van der Waals surface area contributed by atoms with Crippen molar-refractivity contribution in [3.63, 3.8) is 0 Å². The topological polar surface area (TPSA) is 78.9 Å². The summed E-state index contributed by atoms with van der Waals surface area (Å²) in [4.78, 5) is 38.0. The lowest BCUT2D eigenvalue weighted by Gasteiger charge is -2.18. The van der Waals surface area contributed by atoms with E-state index >= 15 is 0 Å². The fraction of sp³-hybridized carbons (Fsp3) is 0.800. The highest BCUT2D eigenvalue weighted by Crippen LogP contribution is 2.16. The lowest BCUT2D eigenvalue weighted by atomic mass is 10.0. The van der Waals surface area contributed by atoms with Crippen molar-refractivity contribution in [3.05, 3.63) is 48.6 Å². The second-order valence-corrected chi connectivity index (χ2v) is 17.4. The molecule has 0 aromatic carbocycles. The summed E-state index contributed by atoms with van der Waals surface area (Å²) < 4.78 is 16.8. The molecule has 0 radical (unpaired) electrons. The summed E-state index contributed by atoms with van der Waals surface area (Å²) in [5.41, 5.74) is 0. The monoisotopic (exact) mass is 855 g/mol. The third-order valence-electron chi connectivity index (χ3n) is 11.3. The zero-order valence-electron chi connectivity index (χ0n) is 40.4. The van der Waals surface area contributed by atoms with Gasteiger partial charge in [-0.2, -0.15) is 0 Å². The molecule has 0 aliphatic carbocycles. The van der Waals surface area contributed by atoms with Gasteiger partial charge in [-0.25, -0.2) is 0 Å². The van der Waals surface area contributed by atoms with Gasteiger partial charge in [0.05, 0.1) is 0 Å². The van der Waals surface area contributed by atoms with Crippen molar-refractivity contribution in [2.75, 3.05) is 13.2 Å². The molecule has 0 aliphatic heterocycles. The van der Waals surface area contributed by atoms with Crippen LogP contribution in [0.1, 0.15) is 265 Å². The summed E-state index contributed by atoms with van der Waals surface area (Å²) in [6.45, 7) is 6.51. The van der Waals surface area contributed by atoms with E-state index in [-0.39, 0.29) is 31.1 Å². The number of carbonyl (C=O) groups is 3. The van der Waals surface area contributed by atoms with Gasteiger partial charge in [0.15, 0.2) is 6.10 Å². The molecule has 0 saturated carbocycles. The average Bonchev–Trinajstić information content (AvgIpc) is 3.26. The SMILES string of the molecule is CC/C=C\C/C=C\C/C=C\C/C=C\CCCCCC(=O)OCC(COC(=O)CCCCCCCCCCCCCC)OC(=O)CCCCCCCCCCCCCCCCC. The van der Waals surface area contributed by atoms with E-state index in [1.54, 1.807) is 0 Å². The van der Waals surface area contributed by atoms with Gasteiger partial charge in [0.1, 0.15) is 13.2 Å². The number of hydrogen-bond acceptors (Lipinski definition) is 6. The first-order valence-electron chi connectivity index (χ1n) is 26.1. The number of hydrogen-bond donors (Lipinski definition) is 0. The molecule has 0 amide bonds. The second-order valence-electron chi connectivity index (χ2n) is 17.4. The van der Waals surface area contributed by atoms with Gasteiger partial charge in [-0.05, 0) is 57.8 Å². The molecule has 0 N–H and O–H groups in total. The van der Waals surface area contributed by atoms with Crippen LogP contribution in [0.4, 0.5) is 0 Å². The third kappa shape index (κ3) is 48.3. The van der Waals surface area contributed by atoms with Gasteiger partial charge in [0.25, 0.3) is 0 Å². The maximum Gasteiger partial charge on any atom is 0.306 e. The number of ether oxygens (including phenoxy) is 3. The number of carbonyl (C=O) groups excluding carboxylic acids is 3. The fourth-order valence-electron chi connectivity index (χ4n) is 7.43. The highest BCUT2D eigenvalue weighted by molar-refractivity contribution is 5.71. The molecule has 0 rings (SSSR count). The first-order valence-corrected chi connectivity index (χ1v) is 26.1. The Bertz CT molecular complexity index is 1070. The van der Waals surface area contributed by atoms with Gasteiger partial charge in [-0.15, -0.1) is 0 Å². The minimum absolute atomic E-state index is 0.0795. The van der Waals surface area contributed by atoms with Crippen LogP contribution in [-0.2, 0) is 28.6 Å². The van der Waals surface area contributed by atoms with Gasteiger partial charge >= 0.3 is 17.9 Å². The standard InChI is InChI=1S/C55H98O6/c1-4-7-10-13-16-19-22-25-27-29-30-33-36-39-42-45-48-54(57)60-51-52(50-59-53(56)47-44-41-38-35-32-24-21-18-15-12-9-6-3)61-55(58)49-46-43-40-37-34-31-28-26-23-20-17-14-11-8-5-2/h7,10,16,19,25,27,30,33,52H,4-6,8-9,11-15,17-18,20-24,26,28-29,31-32,34-51H2,1-3H3/b10-7-,19-16-,27-25-,33-30-. The van der Waals surface area contributed by atoms with Crippen LogP contribution >= 0.6 is 0 Å². The first kappa shape index (κ1) is 58.4. The zero-order valence-corrected chi connectivity index (χ0v) is 40.4. The second kappa shape index (κ2) is 50.0. The van der Waals surface area contributed by atoms with E-state index in [0.29, 0.717) is 19.3 Å². The van der Waals surface area contributed by atoms with Crippen molar-refractivity contribution >= 4 is 17.9 Å². The number of esters is 3. The highest BCUT2D eigenvalue weighted by Gasteiger charge is 2.19. The third-order valence-corrected chi connectivity index (χ3v) is 11.3. The minimum Gasteiger partial charge on any atom is -0.462 e. The van der Waals surface area contributed by atoms with Crippen LogP contribution in [0.2, 0.25) is 0 Å². The number of rotatable bonds is 47. The van der Waals surface area contributed by atoms with Gasteiger partial charge in [0.2, 0.25) is 0 Å². The summed E-state index contributed by atoms with van der Waals surface area (Å²) in [6, 6.07) is 0. The predicted octanol–water partition coefficient (Wildman–Crippen LogP) is 17.1. The Morgan fingerprint density at radius 2 is 0.639 bits per heavy atom. The van der Waals surface area contributed by atoms with Crippen molar-refractivity contribution in [3.8, 4) is 0 Å². The Labute approximate surface area is 378 Å². The molecule has 0 saturated heterocycles. The molecule has 0 aliphatic rings. The minimum atomic E-state index is -0.781. The van der Waals surface area contributed by atoms with Crippen LogP contribution in [0, 0.1) is 0 Å². The number of unbranched alkanes of at least 4 members (excludes halogenated alkanes) is 28. The summed E-state index contributed by atoms with van der Waals surface area (Å²) in [7, 11) is 0. The van der Waals surface area contributed by atoms with Crippen LogP contribution < -0.4 is 0 Å². The van der Waals surface area contributed by atoms with E-state index < -0.39 is 6.10 Å². The van der Waals surface area contributed by atoms with E-state index in [1.807, 2.05) is 0 Å². The lowest BCUT2D eigenvalue weighted by Crippen LogP contribution is -2.30. The van der Waals surface area contributed by atoms with Crippen molar-refractivity contribution < 1.29 is 28.6 Å². The van der Waals surface area contributed by atoms with Gasteiger partial charge < -0.3 is 14.2 Å². The zero-order chi connectivity index (χ0) is 44.4. The Morgan fingerprint density at radius 1 is 0.344 bits per heavy atom. The van der Waals surface area contributed by atoms with Crippen molar-refractivity contribution in [1.82, 2.24) is 0 Å². The van der Waals surface area contributed by atoms with Gasteiger partial charge in [0, 0.05) is 19.3 Å². The Hall–Kier alpha value is -2.63. The molecule has 0 aromatic heterocycles. The van der Waals surface area contributed by atoms with Crippen LogP contribution in [0.25, 0.3) is 0 Å². The van der Waals surface area contributed by atoms with E-state index in [9.17, 15) is 14.4 Å². The Kier molecular flexibility index (Phi) is 47.9. The molecule has 1 unspecified atom stereocenters. The molecule has 0 bridgehead atoms. The van der Waals surface area contributed by atoms with Gasteiger partial charge in [-0.3, -0.25) is 14.4 Å². The average molecular weight is 855 g/mol. The van der Waals surface area contributed by atoms with E-state index in [4.69, 9.17) is 14.2 Å². The molecular formula is C55H98O6. The lowest BCUT2D eigenvalue weighted by molar-refractivity contribution is -0.167. The van der Waals surface area contributed by atoms with Crippen LogP contribution in [-0.4, -0.2) is 37.2 Å². The maximum absolute atomic E-state index is 12.8. The van der Waals surface area contributed by atoms with Crippen LogP contribution in [0.5, 0.6) is 0 Å². The maximum atomic E-state index is 12.8. The van der Waals surface area contributed by atoms with Crippen molar-refractivity contribution in [1.29, 1.82) is 0 Å². The molecule has 0 aromatic rings. The van der Waals surface area contributed by atoms with Crippen molar-refractivity contribution in [2.24, 2.45) is 0 Å². The quantitative estimate of drug-likeness (QED) is 0.0263. The summed E-state index contributed by atoms with van der Waals surface area (Å²) in [6.07, 6.45) is 59.5. The fourth-order valence-corrected chi connectivity index (χ4v) is 7.43. The van der Waals surface area contributed by atoms with Crippen LogP contribution in [0.3, 0.4) is 0 Å². The smallest absolute Gasteiger partial charge is 0.306 e. The Balaban J connectivity index is 4.40. The molecule has 0 heterocycles. The molecule has 6 nitrogen and oxygen atoms in total. The summed E-state index contributed by atoms with van der Waals surface area (Å²) >= 11 is 0. The molecule has 0 fully saturated rings. The highest BCUT2D eigenvalue weighted by atomic mass is 16.6. The van der Waals surface area contributed by atoms with E-state index in [2.05, 4.69) is 69.4 Å². The van der Waals surface area contributed by atoms with Crippen molar-refractivity contribution in [2.45, 2.75) is 271 Å². The van der Waals surface area contributed by atoms with Gasteiger partial charge in [-0.1, -0.05) is 236 Å². The molecule has 0 spiro atoms. The van der Waals surface area contributed by atoms with E-state index in [0.717, 1.165) is 89.9 Å². The first-order chi connectivity index (χ1) is 30.0. The largest absolute Gasteiger partial charge is 0.462 e. The normalized spacial score (nSPS) is 12.4. The molecule has 1 atom stereocenters. The summed E-state index contributed by atoms with van der Waals surface area (Å²) in [5, 5.41) is 0.